The van der Waals surface area contributed by atoms with E-state index in [0.717, 1.165) is 16.5 Å². The van der Waals surface area contributed by atoms with Crippen molar-refractivity contribution in [1.82, 2.24) is 4.98 Å². The quantitative estimate of drug-likeness (QED) is 0.721. The van der Waals surface area contributed by atoms with E-state index in [9.17, 15) is 9.90 Å². The van der Waals surface area contributed by atoms with Gasteiger partial charge in [0.1, 0.15) is 11.4 Å². The van der Waals surface area contributed by atoms with Gasteiger partial charge >= 0.3 is 0 Å². The Bertz CT molecular complexity index is 547. The molecule has 0 bridgehead atoms. The summed E-state index contributed by atoms with van der Waals surface area (Å²) in [6.07, 6.45) is 0. The second-order valence-corrected chi connectivity index (χ2v) is 3.61. The van der Waals surface area contributed by atoms with Crippen LogP contribution in [0.1, 0.15) is 23.0 Å². The van der Waals surface area contributed by atoms with Gasteiger partial charge in [-0.2, -0.15) is 0 Å². The van der Waals surface area contributed by atoms with Crippen LogP contribution in [-0.4, -0.2) is 15.9 Å². The average Bonchev–Trinajstić information content (AvgIpc) is 2.15. The van der Waals surface area contributed by atoms with Crippen LogP contribution in [0.25, 0.3) is 10.9 Å². The molecule has 0 spiro atoms. The van der Waals surface area contributed by atoms with Gasteiger partial charge in [0.05, 0.1) is 5.52 Å². The van der Waals surface area contributed by atoms with Gasteiger partial charge in [-0.3, -0.25) is 4.79 Å². The van der Waals surface area contributed by atoms with Gasteiger partial charge in [-0.1, -0.05) is 11.6 Å². The van der Waals surface area contributed by atoms with E-state index in [2.05, 4.69) is 4.98 Å². The first-order valence-electron chi connectivity index (χ1n) is 4.69. The molecule has 0 unspecified atom stereocenters. The molecule has 0 radical (unpaired) electrons. The number of fused-ring (bicyclic) bond motifs is 1. The van der Waals surface area contributed by atoms with Crippen molar-refractivity contribution in [2.75, 3.05) is 0 Å². The van der Waals surface area contributed by atoms with Crippen LogP contribution in [0.2, 0.25) is 0 Å². The third-order valence-electron chi connectivity index (χ3n) is 2.28. The summed E-state index contributed by atoms with van der Waals surface area (Å²) in [5.41, 5.74) is 1.95. The molecule has 76 valence electrons. The summed E-state index contributed by atoms with van der Waals surface area (Å²) in [4.78, 5) is 15.3. The molecule has 15 heavy (non-hydrogen) atoms. The highest BCUT2D eigenvalue weighted by molar-refractivity contribution is 5.97. The zero-order valence-electron chi connectivity index (χ0n) is 8.61. The van der Waals surface area contributed by atoms with Crippen LogP contribution in [0.15, 0.2) is 24.3 Å². The molecular weight excluding hydrogens is 190 g/mol. The predicted octanol–water partition coefficient (Wildman–Crippen LogP) is 2.45. The molecule has 1 heterocycles. The van der Waals surface area contributed by atoms with Crippen LogP contribution >= 0.6 is 0 Å². The van der Waals surface area contributed by atoms with Crippen LogP contribution in [0, 0.1) is 6.92 Å². The zero-order valence-corrected chi connectivity index (χ0v) is 8.61. The maximum absolute atomic E-state index is 11.2. The molecule has 2 rings (SSSR count). The summed E-state index contributed by atoms with van der Waals surface area (Å²) < 4.78 is 0. The fourth-order valence-corrected chi connectivity index (χ4v) is 1.54. The molecule has 0 atom stereocenters. The minimum absolute atomic E-state index is 0.0550. The van der Waals surface area contributed by atoms with Crippen LogP contribution in [-0.2, 0) is 0 Å². The number of Topliss-reactive ketones (excluding diaryl/α,β-unsaturated/α-hetero) is 1. The minimum Gasteiger partial charge on any atom is -0.506 e. The Hall–Kier alpha value is -1.90. The number of hydrogen-bond donors (Lipinski definition) is 1. The first-order valence-corrected chi connectivity index (χ1v) is 4.69. The van der Waals surface area contributed by atoms with Crippen LogP contribution in [0.4, 0.5) is 0 Å². The minimum atomic E-state index is -0.227. The number of carbonyl (C=O) groups is 1. The summed E-state index contributed by atoms with van der Waals surface area (Å²) >= 11 is 0. The van der Waals surface area contributed by atoms with E-state index in [4.69, 9.17) is 0 Å². The van der Waals surface area contributed by atoms with Gasteiger partial charge in [-0.15, -0.1) is 0 Å². The normalized spacial score (nSPS) is 10.5. The average molecular weight is 201 g/mol. The van der Waals surface area contributed by atoms with E-state index < -0.39 is 0 Å². The van der Waals surface area contributed by atoms with E-state index in [0.29, 0.717) is 0 Å². The molecule has 0 aliphatic heterocycles. The van der Waals surface area contributed by atoms with E-state index in [1.807, 2.05) is 25.1 Å². The number of aryl methyl sites for hydroxylation is 1. The van der Waals surface area contributed by atoms with Crippen LogP contribution in [0.5, 0.6) is 5.75 Å². The van der Waals surface area contributed by atoms with E-state index in [-0.39, 0.29) is 17.2 Å². The van der Waals surface area contributed by atoms with Crippen molar-refractivity contribution in [1.29, 1.82) is 0 Å². The van der Waals surface area contributed by atoms with Gasteiger partial charge in [-0.05, 0) is 25.1 Å². The zero-order chi connectivity index (χ0) is 11.0. The van der Waals surface area contributed by atoms with Gasteiger partial charge in [0, 0.05) is 12.3 Å². The second-order valence-electron chi connectivity index (χ2n) is 3.61. The molecule has 0 aliphatic carbocycles. The van der Waals surface area contributed by atoms with Gasteiger partial charge < -0.3 is 5.11 Å². The van der Waals surface area contributed by atoms with Gasteiger partial charge in [0.15, 0.2) is 5.78 Å². The smallest absolute Gasteiger partial charge is 0.181 e. The Labute approximate surface area is 87.4 Å². The topological polar surface area (TPSA) is 50.2 Å². The van der Waals surface area contributed by atoms with Crippen LogP contribution < -0.4 is 0 Å². The number of aromatic hydroxyl groups is 1. The number of hydrogen-bond acceptors (Lipinski definition) is 3. The first-order chi connectivity index (χ1) is 7.08. The monoisotopic (exact) mass is 201 g/mol. The lowest BCUT2D eigenvalue weighted by Gasteiger charge is -2.03. The maximum Gasteiger partial charge on any atom is 0.181 e. The van der Waals surface area contributed by atoms with Crippen molar-refractivity contribution in [2.24, 2.45) is 0 Å². The van der Waals surface area contributed by atoms with Gasteiger partial charge in [0.25, 0.3) is 0 Å². The molecule has 2 aromatic rings. The molecule has 3 heteroatoms. The third kappa shape index (κ3) is 1.68. The van der Waals surface area contributed by atoms with E-state index in [1.165, 1.54) is 6.92 Å². The standard InChI is InChI=1S/C12H11NO2/c1-7-3-4-10-9(5-7)6-11(15)12(13-10)8(2)14/h3-6,15H,1-2H3. The first kappa shape index (κ1) is 9.65. The maximum atomic E-state index is 11.2. The number of aromatic nitrogens is 1. The van der Waals surface area contributed by atoms with Crippen molar-refractivity contribution in [3.63, 3.8) is 0 Å². The third-order valence-corrected chi connectivity index (χ3v) is 2.28. The number of pyridine rings is 1. The van der Waals surface area contributed by atoms with Crippen molar-refractivity contribution in [3.8, 4) is 5.75 Å². The Kier molecular flexibility index (Phi) is 2.15. The molecule has 0 saturated heterocycles. The van der Waals surface area contributed by atoms with E-state index >= 15 is 0 Å². The highest BCUT2D eigenvalue weighted by atomic mass is 16.3. The lowest BCUT2D eigenvalue weighted by molar-refractivity contribution is 0.101. The van der Waals surface area contributed by atoms with Crippen molar-refractivity contribution >= 4 is 16.7 Å². The molecular formula is C12H11NO2. The molecule has 0 amide bonds. The lowest BCUT2D eigenvalue weighted by Crippen LogP contribution is -1.97. The molecule has 0 saturated carbocycles. The summed E-state index contributed by atoms with van der Waals surface area (Å²) in [5, 5.41) is 10.4. The van der Waals surface area contributed by atoms with Crippen molar-refractivity contribution in [2.45, 2.75) is 13.8 Å². The Balaban J connectivity index is 2.76. The molecule has 0 aliphatic rings. The number of carbonyl (C=O) groups excluding carboxylic acids is 1. The Morgan fingerprint density at radius 3 is 2.73 bits per heavy atom. The van der Waals surface area contributed by atoms with E-state index in [1.54, 1.807) is 6.07 Å². The summed E-state index contributed by atoms with van der Waals surface area (Å²) in [6.45, 7) is 3.36. The highest BCUT2D eigenvalue weighted by Crippen LogP contribution is 2.22. The largest absolute Gasteiger partial charge is 0.506 e. The SMILES string of the molecule is CC(=O)c1nc2ccc(C)cc2cc1O. The molecule has 1 N–H and O–H groups in total. The molecule has 3 nitrogen and oxygen atoms in total. The molecule has 1 aromatic heterocycles. The number of benzene rings is 1. The van der Waals surface area contributed by atoms with Crippen LogP contribution in [0.3, 0.4) is 0 Å². The summed E-state index contributed by atoms with van der Waals surface area (Å²) in [7, 11) is 0. The van der Waals surface area contributed by atoms with Crippen molar-refractivity contribution < 1.29 is 9.90 Å². The van der Waals surface area contributed by atoms with Gasteiger partial charge in [-0.25, -0.2) is 4.98 Å². The highest BCUT2D eigenvalue weighted by Gasteiger charge is 2.09. The fourth-order valence-electron chi connectivity index (χ4n) is 1.54. The number of nitrogens with zero attached hydrogens (tertiary/aromatic N) is 1. The Morgan fingerprint density at radius 1 is 1.33 bits per heavy atom. The summed E-state index contributed by atoms with van der Waals surface area (Å²) in [6, 6.07) is 7.27. The number of rotatable bonds is 1. The summed E-state index contributed by atoms with van der Waals surface area (Å²) in [5.74, 6) is -0.282. The lowest BCUT2D eigenvalue weighted by atomic mass is 10.1. The second kappa shape index (κ2) is 3.35. The predicted molar refractivity (Wildman–Crippen MR) is 58.1 cm³/mol. The number of ketones is 1. The van der Waals surface area contributed by atoms with Gasteiger partial charge in [0.2, 0.25) is 0 Å². The van der Waals surface area contributed by atoms with Crippen molar-refractivity contribution in [3.05, 3.63) is 35.5 Å². The molecule has 0 fully saturated rings. The fraction of sp³-hybridized carbons (Fsp3) is 0.167. The Morgan fingerprint density at radius 2 is 2.07 bits per heavy atom. The molecule has 1 aromatic carbocycles.